The topological polar surface area (TPSA) is 17.1 Å². The number of benzene rings is 1. The molecule has 0 N–H and O–H groups in total. The molecule has 0 bridgehead atoms. The van der Waals surface area contributed by atoms with Gasteiger partial charge in [0, 0.05) is 10.3 Å². The molecule has 0 saturated heterocycles. The van der Waals surface area contributed by atoms with Crippen molar-refractivity contribution in [2.24, 2.45) is 0 Å². The van der Waals surface area contributed by atoms with E-state index in [9.17, 15) is 4.21 Å². The summed E-state index contributed by atoms with van der Waals surface area (Å²) in [7, 11) is -1.21. The van der Waals surface area contributed by atoms with Crippen LogP contribution in [0.15, 0.2) is 29.2 Å². The lowest BCUT2D eigenvalue weighted by molar-refractivity contribution is 0.689. The van der Waals surface area contributed by atoms with Crippen molar-refractivity contribution in [1.29, 1.82) is 0 Å². The first-order valence-electron chi connectivity index (χ1n) is 3.34. The van der Waals surface area contributed by atoms with Crippen LogP contribution in [0, 0.1) is 11.2 Å². The van der Waals surface area contributed by atoms with Crippen molar-refractivity contribution in [3.63, 3.8) is 0 Å². The molecule has 1 unspecified atom stereocenters. The largest absolute Gasteiger partial charge is 0.240 e. The van der Waals surface area contributed by atoms with Crippen molar-refractivity contribution < 1.29 is 4.21 Å². The zero-order valence-corrected chi connectivity index (χ0v) is 8.08. The van der Waals surface area contributed by atoms with E-state index in [1.807, 2.05) is 0 Å². The predicted molar refractivity (Wildman–Crippen MR) is 51.3 cm³/mol. The van der Waals surface area contributed by atoms with Gasteiger partial charge in [-0.05, 0) is 31.2 Å². The van der Waals surface area contributed by atoms with Crippen molar-refractivity contribution in [1.82, 2.24) is 0 Å². The second-order valence-electron chi connectivity index (χ2n) is 2.07. The number of hydrogen-bond acceptors (Lipinski definition) is 1. The van der Waals surface area contributed by atoms with E-state index < -0.39 is 10.8 Å². The summed E-state index contributed by atoms with van der Waals surface area (Å²) in [4.78, 5) is 0.689. The summed E-state index contributed by atoms with van der Waals surface area (Å²) >= 11 is 5.66. The molecule has 62 valence electrons. The first kappa shape index (κ1) is 9.31. The second kappa shape index (κ2) is 4.30. The average Bonchev–Trinajstić information content (AvgIpc) is 2.06. The van der Waals surface area contributed by atoms with Gasteiger partial charge in [-0.15, -0.1) is 0 Å². The normalized spacial score (nSPS) is 11.5. The highest BCUT2D eigenvalue weighted by Gasteiger charge is 1.97. The molecule has 12 heavy (non-hydrogen) atoms. The Morgan fingerprint density at radius 1 is 1.33 bits per heavy atom. The lowest BCUT2D eigenvalue weighted by atomic mass is 10.4. The molecular formula is C9H7ClOS. The van der Waals surface area contributed by atoms with Crippen LogP contribution in [0.3, 0.4) is 0 Å². The van der Waals surface area contributed by atoms with Crippen molar-refractivity contribution in [2.45, 2.75) is 11.8 Å². The van der Waals surface area contributed by atoms with Crippen LogP contribution in [0.1, 0.15) is 6.92 Å². The van der Waals surface area contributed by atoms with Crippen LogP contribution >= 0.6 is 11.6 Å². The maximum Gasteiger partial charge on any atom is 0.130 e. The summed E-state index contributed by atoms with van der Waals surface area (Å²) < 4.78 is 11.3. The molecule has 1 nitrogen and oxygen atoms in total. The molecule has 0 amide bonds. The fourth-order valence-electron chi connectivity index (χ4n) is 0.710. The first-order valence-corrected chi connectivity index (χ1v) is 4.86. The third-order valence-electron chi connectivity index (χ3n) is 1.22. The van der Waals surface area contributed by atoms with E-state index in [2.05, 4.69) is 11.2 Å². The molecule has 1 atom stereocenters. The summed E-state index contributed by atoms with van der Waals surface area (Å²) in [5.74, 6) is 2.60. The molecule has 0 aliphatic heterocycles. The second-order valence-corrected chi connectivity index (χ2v) is 3.72. The van der Waals surface area contributed by atoms with Crippen molar-refractivity contribution >= 4 is 22.4 Å². The quantitative estimate of drug-likeness (QED) is 0.634. The first-order chi connectivity index (χ1) is 5.74. The van der Waals surface area contributed by atoms with Gasteiger partial charge in [-0.2, -0.15) is 0 Å². The summed E-state index contributed by atoms with van der Waals surface area (Å²) in [5, 5.41) is 3.20. The Kier molecular flexibility index (Phi) is 3.33. The van der Waals surface area contributed by atoms with E-state index in [-0.39, 0.29) is 0 Å². The van der Waals surface area contributed by atoms with Gasteiger partial charge in [0.25, 0.3) is 0 Å². The van der Waals surface area contributed by atoms with Crippen molar-refractivity contribution in [2.75, 3.05) is 0 Å². The summed E-state index contributed by atoms with van der Waals surface area (Å²) in [6.07, 6.45) is 0. The summed E-state index contributed by atoms with van der Waals surface area (Å²) in [6.45, 7) is 1.66. The molecule has 0 saturated carbocycles. The standard InChI is InChI=1S/C9H7ClOS/c1-2-7-12(11)9-5-3-8(10)4-6-9/h3-6H,1H3. The third-order valence-corrected chi connectivity index (χ3v) is 2.56. The molecule has 0 fully saturated rings. The van der Waals surface area contributed by atoms with Crippen LogP contribution in [0.2, 0.25) is 5.02 Å². The Labute approximate surface area is 79.2 Å². The molecule has 0 radical (unpaired) electrons. The van der Waals surface area contributed by atoms with Gasteiger partial charge < -0.3 is 0 Å². The van der Waals surface area contributed by atoms with Gasteiger partial charge in [-0.25, -0.2) is 4.21 Å². The monoisotopic (exact) mass is 198 g/mol. The predicted octanol–water partition coefficient (Wildman–Crippen LogP) is 2.43. The maximum absolute atomic E-state index is 11.3. The van der Waals surface area contributed by atoms with Gasteiger partial charge in [0.2, 0.25) is 0 Å². The molecule has 3 heteroatoms. The number of hydrogen-bond donors (Lipinski definition) is 0. The van der Waals surface area contributed by atoms with Gasteiger partial charge in [-0.3, -0.25) is 0 Å². The molecular weight excluding hydrogens is 192 g/mol. The van der Waals surface area contributed by atoms with Crippen LogP contribution < -0.4 is 0 Å². The van der Waals surface area contributed by atoms with E-state index >= 15 is 0 Å². The Balaban J connectivity index is 2.95. The third kappa shape index (κ3) is 2.37. The minimum absolute atomic E-state index is 0.639. The van der Waals surface area contributed by atoms with Crippen molar-refractivity contribution in [3.05, 3.63) is 29.3 Å². The summed E-state index contributed by atoms with van der Waals surface area (Å²) in [6, 6.07) is 6.82. The summed E-state index contributed by atoms with van der Waals surface area (Å²) in [5.41, 5.74) is 0. The van der Waals surface area contributed by atoms with Gasteiger partial charge in [0.05, 0.1) is 4.90 Å². The molecule has 1 aromatic rings. The number of rotatable bonds is 1. The van der Waals surface area contributed by atoms with Gasteiger partial charge >= 0.3 is 0 Å². The number of halogens is 1. The molecule has 1 rings (SSSR count). The Morgan fingerprint density at radius 2 is 1.92 bits per heavy atom. The Hall–Kier alpha value is -0.780. The minimum Gasteiger partial charge on any atom is -0.240 e. The molecule has 0 aliphatic carbocycles. The molecule has 0 spiro atoms. The van der Waals surface area contributed by atoms with E-state index in [4.69, 9.17) is 11.6 Å². The smallest absolute Gasteiger partial charge is 0.130 e. The Morgan fingerprint density at radius 3 is 2.42 bits per heavy atom. The van der Waals surface area contributed by atoms with Crippen LogP contribution in [-0.4, -0.2) is 4.21 Å². The molecule has 0 heterocycles. The van der Waals surface area contributed by atoms with Crippen LogP contribution in [-0.2, 0) is 10.8 Å². The highest BCUT2D eigenvalue weighted by molar-refractivity contribution is 7.89. The fraction of sp³-hybridized carbons (Fsp3) is 0.111. The highest BCUT2D eigenvalue weighted by atomic mass is 35.5. The zero-order chi connectivity index (χ0) is 8.97. The zero-order valence-electron chi connectivity index (χ0n) is 6.50. The lowest BCUT2D eigenvalue weighted by Gasteiger charge is -1.93. The van der Waals surface area contributed by atoms with E-state index in [0.717, 1.165) is 0 Å². The SMILES string of the molecule is CC#CS(=O)c1ccc(Cl)cc1. The van der Waals surface area contributed by atoms with Crippen molar-refractivity contribution in [3.8, 4) is 11.2 Å². The van der Waals surface area contributed by atoms with E-state index in [0.29, 0.717) is 9.92 Å². The van der Waals surface area contributed by atoms with E-state index in [1.165, 1.54) is 0 Å². The fourth-order valence-corrected chi connectivity index (χ4v) is 1.52. The van der Waals surface area contributed by atoms with Gasteiger partial charge in [0.15, 0.2) is 0 Å². The van der Waals surface area contributed by atoms with Gasteiger partial charge in [0.1, 0.15) is 10.8 Å². The maximum atomic E-state index is 11.3. The van der Waals surface area contributed by atoms with Crippen LogP contribution in [0.5, 0.6) is 0 Å². The molecule has 0 aromatic heterocycles. The van der Waals surface area contributed by atoms with Gasteiger partial charge in [-0.1, -0.05) is 17.5 Å². The van der Waals surface area contributed by atoms with Crippen LogP contribution in [0.25, 0.3) is 0 Å². The highest BCUT2D eigenvalue weighted by Crippen LogP contribution is 2.11. The van der Waals surface area contributed by atoms with E-state index in [1.54, 1.807) is 31.2 Å². The minimum atomic E-state index is -1.21. The Bertz CT molecular complexity index is 345. The molecule has 1 aromatic carbocycles. The van der Waals surface area contributed by atoms with Crippen LogP contribution in [0.4, 0.5) is 0 Å². The molecule has 0 aliphatic rings. The average molecular weight is 199 g/mol. The lowest BCUT2D eigenvalue weighted by Crippen LogP contribution is -1.85.